The summed E-state index contributed by atoms with van der Waals surface area (Å²) in [6.45, 7) is 2.01. The van der Waals surface area contributed by atoms with Crippen LogP contribution in [0.2, 0.25) is 0 Å². The van der Waals surface area contributed by atoms with Gasteiger partial charge in [-0.1, -0.05) is 0 Å². The van der Waals surface area contributed by atoms with E-state index in [1.807, 2.05) is 17.8 Å². The fraction of sp³-hybridized carbons (Fsp3) is 0.667. The lowest BCUT2D eigenvalue weighted by Crippen LogP contribution is -2.39. The first-order chi connectivity index (χ1) is 9.44. The van der Waals surface area contributed by atoms with Gasteiger partial charge in [0.2, 0.25) is 0 Å². The molecule has 0 aliphatic carbocycles. The largest absolute Gasteiger partial charge is 0.485 e. The number of ether oxygens (including phenoxy) is 2. The van der Waals surface area contributed by atoms with Gasteiger partial charge in [0.25, 0.3) is 10.1 Å². The highest BCUT2D eigenvalue weighted by Gasteiger charge is 2.22. The molecular weight excluding hydrogens is 316 g/mol. The van der Waals surface area contributed by atoms with Crippen LogP contribution in [0.3, 0.4) is 0 Å². The van der Waals surface area contributed by atoms with Gasteiger partial charge in [-0.05, 0) is 26.4 Å². The zero-order valence-corrected chi connectivity index (χ0v) is 13.7. The van der Waals surface area contributed by atoms with Crippen LogP contribution in [0.15, 0.2) is 10.8 Å². The van der Waals surface area contributed by atoms with E-state index in [2.05, 4.69) is 4.90 Å². The van der Waals surface area contributed by atoms with E-state index >= 15 is 0 Å². The number of thiophene rings is 1. The first-order valence-electron chi connectivity index (χ1n) is 6.43. The van der Waals surface area contributed by atoms with Crippen molar-refractivity contribution in [2.75, 3.05) is 32.5 Å². The number of likely N-dealkylation sites (N-methyl/N-ethyl adjacent to an activating group) is 1. The lowest BCUT2D eigenvalue weighted by Gasteiger charge is -2.28. The van der Waals surface area contributed by atoms with Crippen molar-refractivity contribution in [3.63, 3.8) is 0 Å². The van der Waals surface area contributed by atoms with Crippen molar-refractivity contribution >= 4 is 21.5 Å². The third kappa shape index (κ3) is 6.18. The normalized spacial score (nSPS) is 17.6. The zero-order valence-electron chi connectivity index (χ0n) is 12.0. The average molecular weight is 338 g/mol. The highest BCUT2D eigenvalue weighted by molar-refractivity contribution is 7.85. The van der Waals surface area contributed by atoms with Gasteiger partial charge < -0.3 is 20.5 Å². The number of fused-ring (bicyclic) bond motifs is 1. The SMILES string of the molecule is CN(CCCCS(=O)(=O)O)CC1COc2cscc2O1.N. The summed E-state index contributed by atoms with van der Waals surface area (Å²) in [5.74, 6) is 1.43. The molecule has 1 aliphatic heterocycles. The third-order valence-corrected chi connectivity index (χ3v) is 4.52. The summed E-state index contributed by atoms with van der Waals surface area (Å²) in [6.07, 6.45) is 1.16. The van der Waals surface area contributed by atoms with Gasteiger partial charge in [-0.3, -0.25) is 4.55 Å². The van der Waals surface area contributed by atoms with Gasteiger partial charge in [-0.2, -0.15) is 8.42 Å². The Hall–Kier alpha value is -0.870. The zero-order chi connectivity index (χ0) is 14.6. The van der Waals surface area contributed by atoms with E-state index in [9.17, 15) is 8.42 Å². The molecular formula is C12H22N2O5S2. The molecule has 0 amide bonds. The van der Waals surface area contributed by atoms with E-state index in [-0.39, 0.29) is 18.0 Å². The molecule has 2 rings (SSSR count). The summed E-state index contributed by atoms with van der Waals surface area (Å²) in [7, 11) is -1.88. The van der Waals surface area contributed by atoms with E-state index in [1.54, 1.807) is 11.3 Å². The Morgan fingerprint density at radius 3 is 2.81 bits per heavy atom. The topological polar surface area (TPSA) is 111 Å². The molecule has 0 fully saturated rings. The van der Waals surface area contributed by atoms with Crippen molar-refractivity contribution < 1.29 is 22.4 Å². The van der Waals surface area contributed by atoms with Crippen LogP contribution >= 0.6 is 11.3 Å². The molecule has 0 aromatic carbocycles. The van der Waals surface area contributed by atoms with Crippen LogP contribution in [0.5, 0.6) is 11.5 Å². The number of hydrogen-bond acceptors (Lipinski definition) is 7. The van der Waals surface area contributed by atoms with E-state index in [1.165, 1.54) is 0 Å². The van der Waals surface area contributed by atoms with Crippen molar-refractivity contribution in [1.82, 2.24) is 11.1 Å². The lowest BCUT2D eigenvalue weighted by atomic mass is 10.2. The van der Waals surface area contributed by atoms with Crippen molar-refractivity contribution in [1.29, 1.82) is 0 Å². The molecule has 1 unspecified atom stereocenters. The van der Waals surface area contributed by atoms with Crippen LogP contribution in [-0.4, -0.2) is 56.5 Å². The minimum atomic E-state index is -3.84. The summed E-state index contributed by atoms with van der Waals surface area (Å²) in [4.78, 5) is 2.08. The first-order valence-corrected chi connectivity index (χ1v) is 8.98. The predicted molar refractivity (Wildman–Crippen MR) is 82.4 cm³/mol. The fourth-order valence-corrected chi connectivity index (χ4v) is 3.30. The van der Waals surface area contributed by atoms with Crippen LogP contribution in [0.25, 0.3) is 0 Å². The van der Waals surface area contributed by atoms with Gasteiger partial charge in [0.1, 0.15) is 12.7 Å². The van der Waals surface area contributed by atoms with Crippen molar-refractivity contribution in [2.45, 2.75) is 18.9 Å². The Kier molecular flexibility index (Phi) is 6.88. The summed E-state index contributed by atoms with van der Waals surface area (Å²) in [5.41, 5.74) is 0. The monoisotopic (exact) mass is 338 g/mol. The molecule has 0 saturated carbocycles. The number of hydrogen-bond donors (Lipinski definition) is 2. The quantitative estimate of drug-likeness (QED) is 0.574. The fourth-order valence-electron chi connectivity index (χ4n) is 2.06. The number of nitrogens with zero attached hydrogens (tertiary/aromatic N) is 1. The van der Waals surface area contributed by atoms with Crippen molar-refractivity contribution in [3.8, 4) is 11.5 Å². The summed E-state index contributed by atoms with van der Waals surface area (Å²) in [5, 5.41) is 3.85. The Morgan fingerprint density at radius 2 is 2.10 bits per heavy atom. The van der Waals surface area contributed by atoms with Gasteiger partial charge in [-0.25, -0.2) is 0 Å². The average Bonchev–Trinajstić information content (AvgIpc) is 2.81. The van der Waals surface area contributed by atoms with Crippen LogP contribution in [-0.2, 0) is 10.1 Å². The molecule has 0 spiro atoms. The number of unbranched alkanes of at least 4 members (excludes halogenated alkanes) is 1. The van der Waals surface area contributed by atoms with Crippen molar-refractivity contribution in [2.24, 2.45) is 0 Å². The van der Waals surface area contributed by atoms with E-state index in [4.69, 9.17) is 14.0 Å². The Labute approximate surface area is 129 Å². The molecule has 21 heavy (non-hydrogen) atoms. The second kappa shape index (κ2) is 7.95. The van der Waals surface area contributed by atoms with Crippen molar-refractivity contribution in [3.05, 3.63) is 10.8 Å². The minimum Gasteiger partial charge on any atom is -0.485 e. The Balaban J connectivity index is 0.00000220. The second-order valence-corrected chi connectivity index (χ2v) is 7.22. The first kappa shape index (κ1) is 18.2. The third-order valence-electron chi connectivity index (χ3n) is 3.02. The molecule has 9 heteroatoms. The smallest absolute Gasteiger partial charge is 0.264 e. The highest BCUT2D eigenvalue weighted by atomic mass is 32.2. The van der Waals surface area contributed by atoms with Crippen LogP contribution in [0.4, 0.5) is 0 Å². The molecule has 2 heterocycles. The Bertz CT molecular complexity index is 532. The van der Waals surface area contributed by atoms with Crippen LogP contribution in [0.1, 0.15) is 12.8 Å². The van der Waals surface area contributed by atoms with E-state index in [0.29, 0.717) is 19.4 Å². The van der Waals surface area contributed by atoms with E-state index in [0.717, 1.165) is 24.6 Å². The molecule has 7 nitrogen and oxygen atoms in total. The maximum absolute atomic E-state index is 10.6. The summed E-state index contributed by atoms with van der Waals surface area (Å²) in [6, 6.07) is 0. The maximum Gasteiger partial charge on any atom is 0.264 e. The molecule has 122 valence electrons. The highest BCUT2D eigenvalue weighted by Crippen LogP contribution is 2.35. The van der Waals surface area contributed by atoms with Gasteiger partial charge in [0.15, 0.2) is 11.5 Å². The van der Waals surface area contributed by atoms with Crippen LogP contribution < -0.4 is 15.6 Å². The van der Waals surface area contributed by atoms with Gasteiger partial charge in [0, 0.05) is 17.3 Å². The Morgan fingerprint density at radius 1 is 1.38 bits per heavy atom. The molecule has 1 aliphatic rings. The number of rotatable bonds is 7. The molecule has 1 atom stereocenters. The van der Waals surface area contributed by atoms with Crippen LogP contribution in [0, 0.1) is 0 Å². The predicted octanol–water partition coefficient (Wildman–Crippen LogP) is 1.65. The molecule has 4 N–H and O–H groups in total. The van der Waals surface area contributed by atoms with Gasteiger partial charge in [0.05, 0.1) is 5.75 Å². The molecule has 0 radical (unpaired) electrons. The summed E-state index contributed by atoms with van der Waals surface area (Å²) >= 11 is 1.55. The minimum absolute atomic E-state index is 0. The molecule has 1 aromatic heterocycles. The van der Waals surface area contributed by atoms with Gasteiger partial charge in [-0.15, -0.1) is 11.3 Å². The lowest BCUT2D eigenvalue weighted by molar-refractivity contribution is 0.0663. The molecule has 0 saturated heterocycles. The summed E-state index contributed by atoms with van der Waals surface area (Å²) < 4.78 is 41.2. The molecule has 1 aromatic rings. The van der Waals surface area contributed by atoms with E-state index < -0.39 is 10.1 Å². The van der Waals surface area contributed by atoms with Gasteiger partial charge >= 0.3 is 0 Å². The molecule has 0 bridgehead atoms. The maximum atomic E-state index is 10.6. The second-order valence-electron chi connectivity index (χ2n) is 4.91. The standard InChI is InChI=1S/C12H19NO5S2.H3N/c1-13(4-2-3-5-20(14,15)16)6-10-7-17-11-8-19-9-12(11)18-10;/h8-10H,2-7H2,1H3,(H,14,15,16);1H3.